The van der Waals surface area contributed by atoms with Crippen molar-refractivity contribution >= 4 is 19.8 Å². The standard InChI is InChI=1S/C46H72NO8P/c1-6-8-10-12-14-16-18-20-22-23-25-27-29-31-33-35-37-39-46(49)55-44(43-54-56(50,51)53-41-40-47(3,4)5)42-52-45(48)38-36-34-32-30-28-26-24-21-19-17-15-13-11-9-7-2/h8-11,14-17,20-22,24-25,27-28,30-31,33-34,36,44H,6-7,12-13,18-19,23,26,29,32,35,37-43H2,1-5H3/p+1/b10-8-,11-9-,16-14-,17-15-,22-20-,24-21-,27-25-,30-28-,33-31-,36-34-. The van der Waals surface area contributed by atoms with Crippen molar-refractivity contribution < 1.29 is 42.1 Å². The number of unbranched alkanes of at least 4 members (excludes halogenated alkanes) is 1. The number of nitrogens with zero attached hydrogens (tertiary/aromatic N) is 1. The maximum Gasteiger partial charge on any atom is 0.472 e. The second kappa shape index (κ2) is 37.0. The molecule has 0 spiro atoms. The van der Waals surface area contributed by atoms with Gasteiger partial charge in [-0.1, -0.05) is 135 Å². The Kier molecular flexibility index (Phi) is 34.6. The van der Waals surface area contributed by atoms with Gasteiger partial charge in [0.2, 0.25) is 0 Å². The Balaban J connectivity index is 4.68. The molecule has 0 aromatic heterocycles. The number of allylic oxidation sites excluding steroid dienone is 19. The first-order valence-corrected chi connectivity index (χ1v) is 21.8. The van der Waals surface area contributed by atoms with Crippen molar-refractivity contribution in [3.05, 3.63) is 122 Å². The first-order valence-electron chi connectivity index (χ1n) is 20.3. The number of ether oxygens (including phenoxy) is 2. The minimum Gasteiger partial charge on any atom is -0.461 e. The molecule has 0 saturated heterocycles. The van der Waals surface area contributed by atoms with E-state index in [2.05, 4.69) is 111 Å². The van der Waals surface area contributed by atoms with E-state index >= 15 is 0 Å². The van der Waals surface area contributed by atoms with Crippen LogP contribution in [0.5, 0.6) is 0 Å². The fourth-order valence-corrected chi connectivity index (χ4v) is 5.16. The smallest absolute Gasteiger partial charge is 0.461 e. The zero-order chi connectivity index (χ0) is 41.4. The average molecular weight is 799 g/mol. The lowest BCUT2D eigenvalue weighted by atomic mass is 10.2. The number of phosphoric acid groups is 1. The summed E-state index contributed by atoms with van der Waals surface area (Å²) in [7, 11) is 1.37. The van der Waals surface area contributed by atoms with E-state index in [0.717, 1.165) is 57.8 Å². The number of hydrogen-bond donors (Lipinski definition) is 1. The van der Waals surface area contributed by atoms with Gasteiger partial charge < -0.3 is 18.9 Å². The normalized spacial score (nSPS) is 14.9. The Morgan fingerprint density at radius 1 is 0.571 bits per heavy atom. The van der Waals surface area contributed by atoms with Crippen LogP contribution in [0.4, 0.5) is 0 Å². The first-order chi connectivity index (χ1) is 27.0. The van der Waals surface area contributed by atoms with Crippen molar-refractivity contribution in [2.24, 2.45) is 0 Å². The predicted molar refractivity (Wildman–Crippen MR) is 233 cm³/mol. The van der Waals surface area contributed by atoms with Crippen molar-refractivity contribution in [1.29, 1.82) is 0 Å². The van der Waals surface area contributed by atoms with E-state index in [-0.39, 0.29) is 26.1 Å². The molecule has 10 heteroatoms. The van der Waals surface area contributed by atoms with Crippen LogP contribution in [0, 0.1) is 0 Å². The zero-order valence-corrected chi connectivity index (χ0v) is 35.9. The molecule has 0 heterocycles. The molecule has 314 valence electrons. The van der Waals surface area contributed by atoms with Gasteiger partial charge in [-0.05, 0) is 77.0 Å². The lowest BCUT2D eigenvalue weighted by molar-refractivity contribution is -0.870. The van der Waals surface area contributed by atoms with Gasteiger partial charge >= 0.3 is 19.8 Å². The van der Waals surface area contributed by atoms with Gasteiger partial charge in [0, 0.05) is 6.42 Å². The minimum absolute atomic E-state index is 0.000232. The fourth-order valence-electron chi connectivity index (χ4n) is 4.41. The highest BCUT2D eigenvalue weighted by Crippen LogP contribution is 2.43. The predicted octanol–water partition coefficient (Wildman–Crippen LogP) is 11.3. The Morgan fingerprint density at radius 2 is 0.982 bits per heavy atom. The van der Waals surface area contributed by atoms with Gasteiger partial charge in [0.1, 0.15) is 19.8 Å². The van der Waals surface area contributed by atoms with Gasteiger partial charge in [-0.15, -0.1) is 0 Å². The van der Waals surface area contributed by atoms with E-state index in [1.165, 1.54) is 0 Å². The van der Waals surface area contributed by atoms with Crippen LogP contribution in [-0.4, -0.2) is 74.9 Å². The summed E-state index contributed by atoms with van der Waals surface area (Å²) >= 11 is 0. The highest BCUT2D eigenvalue weighted by atomic mass is 31.2. The molecule has 0 aromatic rings. The van der Waals surface area contributed by atoms with Crippen LogP contribution >= 0.6 is 7.82 Å². The SMILES string of the molecule is CC/C=C\C/C=C\C/C=C\C/C=C\C/C=C\CCCC(=O)OC(COC(=O)C/C=C\C/C=C\C/C=C\C/C=C\C/C=C\CC)COP(=O)(O)OCC[N+](C)(C)C. The Morgan fingerprint density at radius 3 is 1.41 bits per heavy atom. The molecule has 9 nitrogen and oxygen atoms in total. The van der Waals surface area contributed by atoms with E-state index in [9.17, 15) is 19.0 Å². The summed E-state index contributed by atoms with van der Waals surface area (Å²) in [5.41, 5.74) is 0. The van der Waals surface area contributed by atoms with Crippen LogP contribution in [0.25, 0.3) is 0 Å². The molecule has 0 bridgehead atoms. The Hall–Kier alpha value is -3.59. The second-order valence-electron chi connectivity index (χ2n) is 13.9. The number of phosphoric ester groups is 1. The Bertz CT molecular complexity index is 1360. The zero-order valence-electron chi connectivity index (χ0n) is 35.1. The van der Waals surface area contributed by atoms with Crippen molar-refractivity contribution in [2.75, 3.05) is 47.5 Å². The van der Waals surface area contributed by atoms with Crippen LogP contribution in [0.2, 0.25) is 0 Å². The molecule has 2 unspecified atom stereocenters. The van der Waals surface area contributed by atoms with E-state index in [1.54, 1.807) is 6.08 Å². The van der Waals surface area contributed by atoms with Crippen LogP contribution in [0.15, 0.2) is 122 Å². The van der Waals surface area contributed by atoms with Crippen LogP contribution in [-0.2, 0) is 32.7 Å². The highest BCUT2D eigenvalue weighted by molar-refractivity contribution is 7.47. The lowest BCUT2D eigenvalue weighted by Gasteiger charge is -2.24. The molecular formula is C46H73NO8P+. The topological polar surface area (TPSA) is 108 Å². The third-order valence-electron chi connectivity index (χ3n) is 7.52. The van der Waals surface area contributed by atoms with Crippen LogP contribution in [0.3, 0.4) is 0 Å². The van der Waals surface area contributed by atoms with Crippen LogP contribution in [0.1, 0.15) is 104 Å². The molecule has 1 N–H and O–H groups in total. The van der Waals surface area contributed by atoms with Gasteiger partial charge in [-0.2, -0.15) is 0 Å². The number of rotatable bonds is 34. The number of likely N-dealkylation sites (N-methyl/N-ethyl adjacent to an activating group) is 1. The molecule has 0 saturated carbocycles. The number of carbonyl (C=O) groups is 2. The van der Waals surface area contributed by atoms with Crippen molar-refractivity contribution in [2.45, 2.75) is 110 Å². The molecule has 0 fully saturated rings. The maximum absolute atomic E-state index is 12.6. The van der Waals surface area contributed by atoms with Crippen molar-refractivity contribution in [3.63, 3.8) is 0 Å². The van der Waals surface area contributed by atoms with Gasteiger partial charge in [0.15, 0.2) is 6.10 Å². The summed E-state index contributed by atoms with van der Waals surface area (Å²) in [5.74, 6) is -1.03. The number of quaternary nitrogens is 1. The number of carbonyl (C=O) groups excluding carboxylic acids is 2. The highest BCUT2D eigenvalue weighted by Gasteiger charge is 2.26. The molecule has 0 aliphatic rings. The summed E-state index contributed by atoms with van der Waals surface area (Å²) in [6.45, 7) is 3.96. The second-order valence-corrected chi connectivity index (χ2v) is 15.4. The summed E-state index contributed by atoms with van der Waals surface area (Å²) < 4.78 is 34.0. The quantitative estimate of drug-likeness (QED) is 0.0225. The third-order valence-corrected chi connectivity index (χ3v) is 8.50. The molecule has 2 atom stereocenters. The van der Waals surface area contributed by atoms with Crippen LogP contribution < -0.4 is 0 Å². The largest absolute Gasteiger partial charge is 0.472 e. The fraction of sp³-hybridized carbons (Fsp3) is 0.522. The molecule has 0 aliphatic carbocycles. The summed E-state index contributed by atoms with van der Waals surface area (Å²) in [4.78, 5) is 35.2. The third kappa shape index (κ3) is 40.1. The lowest BCUT2D eigenvalue weighted by Crippen LogP contribution is -2.37. The molecule has 0 rings (SSSR count). The average Bonchev–Trinajstić information content (AvgIpc) is 3.15. The molecular weight excluding hydrogens is 725 g/mol. The van der Waals surface area contributed by atoms with E-state index < -0.39 is 32.5 Å². The van der Waals surface area contributed by atoms with Crippen molar-refractivity contribution in [1.82, 2.24) is 0 Å². The molecule has 56 heavy (non-hydrogen) atoms. The van der Waals surface area contributed by atoms with E-state index in [0.29, 0.717) is 30.3 Å². The van der Waals surface area contributed by atoms with Crippen molar-refractivity contribution in [3.8, 4) is 0 Å². The molecule has 0 aromatic carbocycles. The molecule has 0 amide bonds. The van der Waals surface area contributed by atoms with Gasteiger partial charge in [0.25, 0.3) is 0 Å². The van der Waals surface area contributed by atoms with Gasteiger partial charge in [-0.25, -0.2) is 4.57 Å². The minimum atomic E-state index is -4.42. The summed E-state index contributed by atoms with van der Waals surface area (Å²) in [6, 6.07) is 0. The molecule has 0 radical (unpaired) electrons. The number of hydrogen-bond acceptors (Lipinski definition) is 7. The maximum atomic E-state index is 12.6. The Labute approximate surface area is 339 Å². The first kappa shape index (κ1) is 52.4. The van der Waals surface area contributed by atoms with Gasteiger partial charge in [-0.3, -0.25) is 18.6 Å². The van der Waals surface area contributed by atoms with E-state index in [4.69, 9.17) is 18.5 Å². The number of esters is 2. The molecule has 0 aliphatic heterocycles. The monoisotopic (exact) mass is 799 g/mol. The summed E-state index contributed by atoms with van der Waals surface area (Å²) in [5, 5.41) is 0. The van der Waals surface area contributed by atoms with Gasteiger partial charge in [0.05, 0.1) is 34.2 Å². The summed E-state index contributed by atoms with van der Waals surface area (Å²) in [6.07, 6.45) is 51.5. The van der Waals surface area contributed by atoms with E-state index in [1.807, 2.05) is 39.4 Å².